The van der Waals surface area contributed by atoms with Gasteiger partial charge in [-0.15, -0.1) is 0 Å². The number of rotatable bonds is 6. The molecule has 2 nitrogen and oxygen atoms in total. The second-order valence-corrected chi connectivity index (χ2v) is 4.51. The molecule has 1 aliphatic rings. The van der Waals surface area contributed by atoms with Crippen LogP contribution in [0.2, 0.25) is 0 Å². The van der Waals surface area contributed by atoms with Gasteiger partial charge >= 0.3 is 0 Å². The highest BCUT2D eigenvalue weighted by Crippen LogP contribution is 2.12. The van der Waals surface area contributed by atoms with E-state index in [-0.39, 0.29) is 0 Å². The largest absolute Gasteiger partial charge is 0.316 e. The molecule has 1 aliphatic heterocycles. The smallest absolute Gasteiger partial charge is 0.00218 e. The Hall–Kier alpha value is -0.0800. The van der Waals surface area contributed by atoms with Crippen LogP contribution in [0.1, 0.15) is 39.5 Å². The molecule has 0 aliphatic carbocycles. The Bertz CT molecular complexity index is 124. The van der Waals surface area contributed by atoms with Gasteiger partial charge in [0.2, 0.25) is 0 Å². The first-order valence-corrected chi connectivity index (χ1v) is 6.29. The molecular formula is C12H26N2. The highest BCUT2D eigenvalue weighted by Gasteiger charge is 2.15. The van der Waals surface area contributed by atoms with Gasteiger partial charge in [0.05, 0.1) is 0 Å². The molecule has 0 bridgehead atoms. The Balaban J connectivity index is 2.21. The van der Waals surface area contributed by atoms with Crippen LogP contribution >= 0.6 is 0 Å². The summed E-state index contributed by atoms with van der Waals surface area (Å²) in [6.45, 7) is 10.9. The fraction of sp³-hybridized carbons (Fsp3) is 1.00. The Labute approximate surface area is 89.1 Å². The van der Waals surface area contributed by atoms with Crippen LogP contribution in [0, 0.1) is 5.92 Å². The van der Waals surface area contributed by atoms with Gasteiger partial charge in [-0.25, -0.2) is 0 Å². The van der Waals surface area contributed by atoms with E-state index >= 15 is 0 Å². The molecule has 84 valence electrons. The van der Waals surface area contributed by atoms with Gasteiger partial charge in [0.25, 0.3) is 0 Å². The third-order valence-corrected chi connectivity index (χ3v) is 3.00. The first-order chi connectivity index (χ1) is 6.86. The van der Waals surface area contributed by atoms with Crippen molar-refractivity contribution in [3.63, 3.8) is 0 Å². The minimum atomic E-state index is 0.904. The summed E-state index contributed by atoms with van der Waals surface area (Å²) in [6, 6.07) is 0. The van der Waals surface area contributed by atoms with Crippen LogP contribution in [-0.4, -0.2) is 37.6 Å². The summed E-state index contributed by atoms with van der Waals surface area (Å²) in [5.74, 6) is 0.904. The lowest BCUT2D eigenvalue weighted by Crippen LogP contribution is -2.38. The predicted octanol–water partition coefficient (Wildman–Crippen LogP) is 2.11. The van der Waals surface area contributed by atoms with E-state index in [2.05, 4.69) is 24.1 Å². The maximum absolute atomic E-state index is 3.50. The van der Waals surface area contributed by atoms with E-state index in [9.17, 15) is 0 Å². The molecule has 0 spiro atoms. The summed E-state index contributed by atoms with van der Waals surface area (Å²) < 4.78 is 0. The standard InChI is InChI=1S/C12H26N2/c1-3-8-14(9-4-2)11-12-6-5-7-13-10-12/h12-13H,3-11H2,1-2H3/t12-/m0/s1. The van der Waals surface area contributed by atoms with Crippen LogP contribution in [0.25, 0.3) is 0 Å². The molecular weight excluding hydrogens is 172 g/mol. The topological polar surface area (TPSA) is 15.3 Å². The number of piperidine rings is 1. The van der Waals surface area contributed by atoms with E-state index in [0.717, 1.165) is 5.92 Å². The minimum absolute atomic E-state index is 0.904. The zero-order valence-corrected chi connectivity index (χ0v) is 9.89. The molecule has 0 aromatic heterocycles. The molecule has 1 rings (SSSR count). The molecule has 0 aromatic carbocycles. The molecule has 1 heterocycles. The zero-order valence-electron chi connectivity index (χ0n) is 9.89. The monoisotopic (exact) mass is 198 g/mol. The van der Waals surface area contributed by atoms with Gasteiger partial charge in [0.15, 0.2) is 0 Å². The molecule has 14 heavy (non-hydrogen) atoms. The third-order valence-electron chi connectivity index (χ3n) is 3.00. The average Bonchev–Trinajstić information content (AvgIpc) is 2.20. The lowest BCUT2D eigenvalue weighted by atomic mass is 9.99. The molecule has 1 fully saturated rings. The SMILES string of the molecule is CCCN(CCC)C[C@H]1CCCNC1. The Kier molecular flexibility index (Phi) is 6.20. The second-order valence-electron chi connectivity index (χ2n) is 4.51. The number of hydrogen-bond acceptors (Lipinski definition) is 2. The van der Waals surface area contributed by atoms with Gasteiger partial charge in [-0.05, 0) is 57.8 Å². The summed E-state index contributed by atoms with van der Waals surface area (Å²) >= 11 is 0. The van der Waals surface area contributed by atoms with Crippen LogP contribution in [0.15, 0.2) is 0 Å². The van der Waals surface area contributed by atoms with Gasteiger partial charge in [-0.2, -0.15) is 0 Å². The van der Waals surface area contributed by atoms with E-state index in [1.165, 1.54) is 58.4 Å². The number of hydrogen-bond donors (Lipinski definition) is 1. The molecule has 1 saturated heterocycles. The summed E-state index contributed by atoms with van der Waals surface area (Å²) in [7, 11) is 0. The summed E-state index contributed by atoms with van der Waals surface area (Å²) in [6.07, 6.45) is 5.38. The van der Waals surface area contributed by atoms with Crippen molar-refractivity contribution in [1.29, 1.82) is 0 Å². The molecule has 0 amide bonds. The maximum atomic E-state index is 3.50. The van der Waals surface area contributed by atoms with E-state index in [0.29, 0.717) is 0 Å². The average molecular weight is 198 g/mol. The Morgan fingerprint density at radius 1 is 1.21 bits per heavy atom. The number of nitrogens with one attached hydrogen (secondary N) is 1. The molecule has 0 aromatic rings. The molecule has 1 N–H and O–H groups in total. The van der Waals surface area contributed by atoms with Crippen molar-refractivity contribution in [3.05, 3.63) is 0 Å². The van der Waals surface area contributed by atoms with Gasteiger partial charge < -0.3 is 10.2 Å². The minimum Gasteiger partial charge on any atom is -0.316 e. The molecule has 1 atom stereocenters. The van der Waals surface area contributed by atoms with Crippen LogP contribution in [0.3, 0.4) is 0 Å². The lowest BCUT2D eigenvalue weighted by Gasteiger charge is -2.29. The highest BCUT2D eigenvalue weighted by atomic mass is 15.1. The Morgan fingerprint density at radius 2 is 1.93 bits per heavy atom. The van der Waals surface area contributed by atoms with Crippen molar-refractivity contribution < 1.29 is 0 Å². The number of nitrogens with zero attached hydrogens (tertiary/aromatic N) is 1. The fourth-order valence-electron chi connectivity index (χ4n) is 2.37. The first kappa shape index (κ1) is 12.0. The molecule has 0 saturated carbocycles. The zero-order chi connectivity index (χ0) is 10.2. The summed E-state index contributed by atoms with van der Waals surface area (Å²) in [4.78, 5) is 2.64. The van der Waals surface area contributed by atoms with Crippen LogP contribution in [0.5, 0.6) is 0 Å². The summed E-state index contributed by atoms with van der Waals surface area (Å²) in [5.41, 5.74) is 0. The normalized spacial score (nSPS) is 22.9. The van der Waals surface area contributed by atoms with E-state index in [1.807, 2.05) is 0 Å². The van der Waals surface area contributed by atoms with Crippen molar-refractivity contribution in [2.45, 2.75) is 39.5 Å². The van der Waals surface area contributed by atoms with Gasteiger partial charge in [0, 0.05) is 6.54 Å². The van der Waals surface area contributed by atoms with Crippen LogP contribution < -0.4 is 5.32 Å². The predicted molar refractivity (Wildman–Crippen MR) is 62.6 cm³/mol. The van der Waals surface area contributed by atoms with Gasteiger partial charge in [-0.1, -0.05) is 13.8 Å². The summed E-state index contributed by atoms with van der Waals surface area (Å²) in [5, 5.41) is 3.50. The van der Waals surface area contributed by atoms with Gasteiger partial charge in [-0.3, -0.25) is 0 Å². The lowest BCUT2D eigenvalue weighted by molar-refractivity contribution is 0.208. The van der Waals surface area contributed by atoms with Crippen molar-refractivity contribution in [2.75, 3.05) is 32.7 Å². The second kappa shape index (κ2) is 7.24. The van der Waals surface area contributed by atoms with Crippen LogP contribution in [0.4, 0.5) is 0 Å². The van der Waals surface area contributed by atoms with Crippen LogP contribution in [-0.2, 0) is 0 Å². The third kappa shape index (κ3) is 4.43. The highest BCUT2D eigenvalue weighted by molar-refractivity contribution is 4.72. The quantitative estimate of drug-likeness (QED) is 0.703. The fourth-order valence-corrected chi connectivity index (χ4v) is 2.37. The van der Waals surface area contributed by atoms with E-state index < -0.39 is 0 Å². The van der Waals surface area contributed by atoms with E-state index in [4.69, 9.17) is 0 Å². The van der Waals surface area contributed by atoms with Crippen molar-refractivity contribution in [1.82, 2.24) is 10.2 Å². The van der Waals surface area contributed by atoms with Gasteiger partial charge in [0.1, 0.15) is 0 Å². The van der Waals surface area contributed by atoms with E-state index in [1.54, 1.807) is 0 Å². The maximum Gasteiger partial charge on any atom is 0.00218 e. The van der Waals surface area contributed by atoms with Crippen molar-refractivity contribution >= 4 is 0 Å². The Morgan fingerprint density at radius 3 is 2.43 bits per heavy atom. The molecule has 2 heteroatoms. The van der Waals surface area contributed by atoms with Crippen molar-refractivity contribution in [3.8, 4) is 0 Å². The molecule has 0 unspecified atom stereocenters. The molecule has 0 radical (unpaired) electrons. The van der Waals surface area contributed by atoms with Crippen molar-refractivity contribution in [2.24, 2.45) is 5.92 Å². The first-order valence-electron chi connectivity index (χ1n) is 6.29.